The molecule has 146 valence electrons. The average molecular weight is 361 g/mol. The van der Waals surface area contributed by atoms with Crippen LogP contribution in [0.15, 0.2) is 0 Å². The number of aliphatic hydroxyl groups excluding tert-OH is 10. The molecule has 1 fully saturated rings. The molecule has 0 aromatic heterocycles. The van der Waals surface area contributed by atoms with Crippen LogP contribution in [0, 0.1) is 0 Å². The molecule has 12 N–H and O–H groups in total. The monoisotopic (exact) mass is 361 g/mol. The highest BCUT2D eigenvalue weighted by Gasteiger charge is 2.42. The molecule has 0 bridgehead atoms. The van der Waals surface area contributed by atoms with Crippen molar-refractivity contribution >= 4 is 0 Å². The fourth-order valence-corrected chi connectivity index (χ4v) is 1.78. The van der Waals surface area contributed by atoms with E-state index in [0.29, 0.717) is 0 Å². The molecule has 0 aromatic rings. The van der Waals surface area contributed by atoms with Crippen molar-refractivity contribution < 1.29 is 55.8 Å². The first-order valence-corrected chi connectivity index (χ1v) is 7.14. The highest BCUT2D eigenvalue weighted by atomic mass is 16.6. The van der Waals surface area contributed by atoms with Gasteiger partial charge in [-0.05, 0) is 0 Å². The SMILES string of the molecule is NC[C@H](O)[C@@H](O)[C@@H](O)[C@H](O)CO.OCC1O[C@H](O)C(O)C(O)[C@@H]1O. The van der Waals surface area contributed by atoms with Gasteiger partial charge in [0, 0.05) is 6.54 Å². The van der Waals surface area contributed by atoms with Crippen molar-refractivity contribution in [1.29, 1.82) is 0 Å². The number of ether oxygens (including phenoxy) is 1. The number of nitrogens with two attached hydrogens (primary N) is 1. The van der Waals surface area contributed by atoms with Gasteiger partial charge in [-0.1, -0.05) is 0 Å². The molecule has 0 saturated carbocycles. The van der Waals surface area contributed by atoms with Crippen LogP contribution in [0.2, 0.25) is 0 Å². The Hall–Kier alpha value is -0.480. The van der Waals surface area contributed by atoms with Gasteiger partial charge in [0.1, 0.15) is 42.7 Å². The zero-order valence-electron chi connectivity index (χ0n) is 12.8. The second-order valence-electron chi connectivity index (χ2n) is 5.25. The number of rotatable bonds is 6. The van der Waals surface area contributed by atoms with Crippen LogP contribution in [0.4, 0.5) is 0 Å². The average Bonchev–Trinajstić information content (AvgIpc) is 2.60. The van der Waals surface area contributed by atoms with Gasteiger partial charge >= 0.3 is 0 Å². The van der Waals surface area contributed by atoms with Crippen LogP contribution in [0.25, 0.3) is 0 Å². The Kier molecular flexibility index (Phi) is 11.0. The van der Waals surface area contributed by atoms with E-state index >= 15 is 0 Å². The third kappa shape index (κ3) is 6.44. The normalized spacial score (nSPS) is 35.4. The lowest BCUT2D eigenvalue weighted by Gasteiger charge is -2.37. The molecule has 24 heavy (non-hydrogen) atoms. The van der Waals surface area contributed by atoms with E-state index in [1.807, 2.05) is 0 Å². The van der Waals surface area contributed by atoms with E-state index in [0.717, 1.165) is 0 Å². The van der Waals surface area contributed by atoms with Crippen LogP contribution in [0.1, 0.15) is 0 Å². The van der Waals surface area contributed by atoms with E-state index in [1.54, 1.807) is 0 Å². The summed E-state index contributed by atoms with van der Waals surface area (Å²) in [5.74, 6) is 0. The standard InChI is InChI=1S/C6H15NO5.C6H12O6/c7-1-3(9)5(11)6(12)4(10)2-8;7-1-2-3(8)4(9)5(10)6(11)12-2/h3-6,8-12H,1-2,7H2;2-11H,1H2/t3-,4+,5+,6-;2?,3-,4?,5?,6+/m01/s1. The molecule has 9 atom stereocenters. The quantitative estimate of drug-likeness (QED) is 0.211. The molecule has 12 nitrogen and oxygen atoms in total. The van der Waals surface area contributed by atoms with Gasteiger partial charge in [-0.15, -0.1) is 0 Å². The van der Waals surface area contributed by atoms with E-state index < -0.39 is 68.3 Å². The summed E-state index contributed by atoms with van der Waals surface area (Å²) in [6, 6.07) is 0. The summed E-state index contributed by atoms with van der Waals surface area (Å²) in [6.45, 7) is -1.44. The first kappa shape index (κ1) is 23.5. The number of aliphatic hydroxyl groups is 10. The van der Waals surface area contributed by atoms with E-state index in [-0.39, 0.29) is 6.54 Å². The van der Waals surface area contributed by atoms with Crippen molar-refractivity contribution in [2.75, 3.05) is 19.8 Å². The molecule has 3 unspecified atom stereocenters. The Morgan fingerprint density at radius 2 is 1.29 bits per heavy atom. The molecule has 1 heterocycles. The van der Waals surface area contributed by atoms with Crippen LogP contribution in [0.3, 0.4) is 0 Å². The van der Waals surface area contributed by atoms with Gasteiger partial charge in [0.15, 0.2) is 6.29 Å². The van der Waals surface area contributed by atoms with Gasteiger partial charge in [0.05, 0.1) is 19.3 Å². The predicted molar refractivity (Wildman–Crippen MR) is 76.2 cm³/mol. The minimum absolute atomic E-state index is 0.226. The van der Waals surface area contributed by atoms with Gasteiger partial charge in [0.2, 0.25) is 0 Å². The molecule has 1 aliphatic rings. The zero-order valence-corrected chi connectivity index (χ0v) is 12.8. The van der Waals surface area contributed by atoms with Crippen molar-refractivity contribution in [2.24, 2.45) is 5.73 Å². The molecule has 0 radical (unpaired) electrons. The van der Waals surface area contributed by atoms with Crippen LogP contribution >= 0.6 is 0 Å². The lowest BCUT2D eigenvalue weighted by Crippen LogP contribution is -2.58. The first-order valence-electron chi connectivity index (χ1n) is 7.14. The van der Waals surface area contributed by atoms with E-state index in [9.17, 15) is 0 Å². The highest BCUT2D eigenvalue weighted by Crippen LogP contribution is 2.19. The van der Waals surface area contributed by atoms with Gasteiger partial charge in [-0.3, -0.25) is 0 Å². The molecule has 12 heteroatoms. The topological polar surface area (TPSA) is 238 Å². The lowest BCUT2D eigenvalue weighted by atomic mass is 10.00. The Labute approximate surface area is 137 Å². The minimum atomic E-state index is -1.59. The summed E-state index contributed by atoms with van der Waals surface area (Å²) in [5, 5.41) is 88.8. The summed E-state index contributed by atoms with van der Waals surface area (Å²) in [5.41, 5.74) is 4.99. The second kappa shape index (κ2) is 11.2. The third-order valence-electron chi connectivity index (χ3n) is 3.43. The summed E-state index contributed by atoms with van der Waals surface area (Å²) in [4.78, 5) is 0. The van der Waals surface area contributed by atoms with Crippen LogP contribution < -0.4 is 5.73 Å². The highest BCUT2D eigenvalue weighted by molar-refractivity contribution is 4.88. The first-order chi connectivity index (χ1) is 11.1. The maximum atomic E-state index is 9.12. The van der Waals surface area contributed by atoms with Crippen LogP contribution in [-0.2, 0) is 4.74 Å². The Bertz CT molecular complexity index is 313. The molecule has 1 aliphatic heterocycles. The van der Waals surface area contributed by atoms with Crippen molar-refractivity contribution in [3.63, 3.8) is 0 Å². The van der Waals surface area contributed by atoms with Crippen LogP contribution in [0.5, 0.6) is 0 Å². The second-order valence-corrected chi connectivity index (χ2v) is 5.25. The number of hydrogen-bond acceptors (Lipinski definition) is 12. The minimum Gasteiger partial charge on any atom is -0.394 e. The zero-order chi connectivity index (χ0) is 19.0. The molecular weight excluding hydrogens is 334 g/mol. The van der Waals surface area contributed by atoms with E-state index in [4.69, 9.17) is 56.8 Å². The van der Waals surface area contributed by atoms with Gasteiger partial charge in [-0.25, -0.2) is 0 Å². The Balaban J connectivity index is 0.000000441. The van der Waals surface area contributed by atoms with Crippen molar-refractivity contribution in [3.05, 3.63) is 0 Å². The van der Waals surface area contributed by atoms with E-state index in [1.165, 1.54) is 0 Å². The molecule has 0 aliphatic carbocycles. The largest absolute Gasteiger partial charge is 0.394 e. The maximum Gasteiger partial charge on any atom is 0.184 e. The summed E-state index contributed by atoms with van der Waals surface area (Å²) in [6.07, 6.45) is -12.9. The molecular formula is C12H27NO11. The molecule has 0 amide bonds. The molecule has 1 saturated heterocycles. The summed E-state index contributed by atoms with van der Waals surface area (Å²) in [7, 11) is 0. The van der Waals surface area contributed by atoms with Crippen molar-refractivity contribution in [3.8, 4) is 0 Å². The number of hydrogen-bond donors (Lipinski definition) is 11. The Morgan fingerprint density at radius 1 is 0.792 bits per heavy atom. The van der Waals surface area contributed by atoms with Crippen LogP contribution in [-0.4, -0.2) is 126 Å². The van der Waals surface area contributed by atoms with Crippen molar-refractivity contribution in [1.82, 2.24) is 0 Å². The molecule has 0 aromatic carbocycles. The smallest absolute Gasteiger partial charge is 0.184 e. The lowest BCUT2D eigenvalue weighted by molar-refractivity contribution is -0.286. The molecule has 0 spiro atoms. The third-order valence-corrected chi connectivity index (χ3v) is 3.43. The summed E-state index contributed by atoms with van der Waals surface area (Å²) >= 11 is 0. The predicted octanol–water partition coefficient (Wildman–Crippen LogP) is -6.84. The fourth-order valence-electron chi connectivity index (χ4n) is 1.78. The Morgan fingerprint density at radius 3 is 1.71 bits per heavy atom. The van der Waals surface area contributed by atoms with Gasteiger partial charge in [-0.2, -0.15) is 0 Å². The maximum absolute atomic E-state index is 9.12. The van der Waals surface area contributed by atoms with E-state index in [2.05, 4.69) is 4.74 Å². The molecule has 1 rings (SSSR count). The van der Waals surface area contributed by atoms with Gasteiger partial charge in [0.25, 0.3) is 0 Å². The van der Waals surface area contributed by atoms with Gasteiger partial charge < -0.3 is 61.5 Å². The fraction of sp³-hybridized carbons (Fsp3) is 1.00. The van der Waals surface area contributed by atoms with Crippen molar-refractivity contribution in [2.45, 2.75) is 55.1 Å². The summed E-state index contributed by atoms with van der Waals surface area (Å²) < 4.78 is 4.58.